The van der Waals surface area contributed by atoms with Crippen LogP contribution in [0.1, 0.15) is 51.6 Å². The molecule has 1 heterocycles. The van der Waals surface area contributed by atoms with Crippen LogP contribution in [0.2, 0.25) is 0 Å². The van der Waals surface area contributed by atoms with Gasteiger partial charge < -0.3 is 4.42 Å². The molecule has 0 saturated heterocycles. The van der Waals surface area contributed by atoms with Gasteiger partial charge in [-0.25, -0.2) is 0 Å². The number of rotatable bonds is 3. The number of hydrogen-bond donors (Lipinski definition) is 0. The molecule has 18 heavy (non-hydrogen) atoms. The average Bonchev–Trinajstić information content (AvgIpc) is 2.77. The monoisotopic (exact) mass is 250 g/mol. The third-order valence-corrected chi connectivity index (χ3v) is 3.48. The molecule has 2 rings (SSSR count). The lowest BCUT2D eigenvalue weighted by atomic mass is 9.93. The van der Waals surface area contributed by atoms with Crippen molar-refractivity contribution in [2.45, 2.75) is 58.9 Å². The average molecular weight is 250 g/mol. The van der Waals surface area contributed by atoms with E-state index in [1.54, 1.807) is 11.2 Å². The van der Waals surface area contributed by atoms with Crippen molar-refractivity contribution >= 4 is 11.9 Å². The van der Waals surface area contributed by atoms with Gasteiger partial charge in [-0.2, -0.15) is 4.98 Å². The van der Waals surface area contributed by atoms with Gasteiger partial charge in [-0.15, -0.1) is 0 Å². The Morgan fingerprint density at radius 3 is 2.56 bits per heavy atom. The molecule has 1 amide bonds. The Morgan fingerprint density at radius 2 is 2.06 bits per heavy atom. The summed E-state index contributed by atoms with van der Waals surface area (Å²) >= 11 is 0. The van der Waals surface area contributed by atoms with Crippen LogP contribution in [0.25, 0.3) is 0 Å². The molecule has 1 saturated carbocycles. The number of aromatic nitrogens is 1. The van der Waals surface area contributed by atoms with E-state index in [1.165, 1.54) is 19.3 Å². The van der Waals surface area contributed by atoms with Crippen LogP contribution < -0.4 is 4.90 Å². The molecular weight excluding hydrogens is 228 g/mol. The Morgan fingerprint density at radius 1 is 1.39 bits per heavy atom. The Hall–Kier alpha value is -1.32. The molecule has 1 aliphatic rings. The van der Waals surface area contributed by atoms with Crippen LogP contribution in [0.5, 0.6) is 0 Å². The topological polar surface area (TPSA) is 46.3 Å². The highest BCUT2D eigenvalue weighted by Gasteiger charge is 2.31. The maximum atomic E-state index is 12.4. The van der Waals surface area contributed by atoms with E-state index in [-0.39, 0.29) is 17.9 Å². The van der Waals surface area contributed by atoms with Crippen LogP contribution in [-0.4, -0.2) is 16.9 Å². The Kier molecular flexibility index (Phi) is 4.04. The smallest absolute Gasteiger partial charge is 0.304 e. The first-order valence-electron chi connectivity index (χ1n) is 6.85. The second-order valence-electron chi connectivity index (χ2n) is 5.43. The molecular formula is C14H22N2O2. The minimum absolute atomic E-state index is 0.0286. The van der Waals surface area contributed by atoms with Crippen molar-refractivity contribution in [1.82, 2.24) is 4.98 Å². The first-order valence-corrected chi connectivity index (χ1v) is 6.85. The Labute approximate surface area is 108 Å². The van der Waals surface area contributed by atoms with Gasteiger partial charge in [0.1, 0.15) is 6.26 Å². The predicted octanol–water partition coefficient (Wildman–Crippen LogP) is 3.30. The van der Waals surface area contributed by atoms with E-state index < -0.39 is 0 Å². The van der Waals surface area contributed by atoms with Gasteiger partial charge in [0, 0.05) is 12.0 Å². The van der Waals surface area contributed by atoms with Crippen LogP contribution in [0.3, 0.4) is 0 Å². The summed E-state index contributed by atoms with van der Waals surface area (Å²) < 4.78 is 5.44. The number of hydrogen-bond acceptors (Lipinski definition) is 3. The maximum absolute atomic E-state index is 12.4. The standard InChI is InChI=1S/C14H22N2O2/c1-10(2)13(17)16(12-7-5-4-6-8-12)14-15-11(3)9-18-14/h9-10,12H,4-8H2,1-3H3. The Balaban J connectivity index is 2.24. The van der Waals surface area contributed by atoms with Gasteiger partial charge in [-0.3, -0.25) is 9.69 Å². The molecule has 100 valence electrons. The zero-order valence-corrected chi connectivity index (χ0v) is 11.5. The highest BCUT2D eigenvalue weighted by molar-refractivity contribution is 5.93. The summed E-state index contributed by atoms with van der Waals surface area (Å²) in [5, 5.41) is 0. The maximum Gasteiger partial charge on any atom is 0.304 e. The summed E-state index contributed by atoms with van der Waals surface area (Å²) in [5.41, 5.74) is 0.822. The van der Waals surface area contributed by atoms with Gasteiger partial charge in [0.05, 0.1) is 5.69 Å². The van der Waals surface area contributed by atoms with E-state index in [0.717, 1.165) is 18.5 Å². The van der Waals surface area contributed by atoms with Crippen LogP contribution in [0.4, 0.5) is 6.01 Å². The number of carbonyl (C=O) groups excluding carboxylic acids is 1. The molecule has 0 atom stereocenters. The van der Waals surface area contributed by atoms with Crippen molar-refractivity contribution in [3.05, 3.63) is 12.0 Å². The van der Waals surface area contributed by atoms with Crippen molar-refractivity contribution in [1.29, 1.82) is 0 Å². The van der Waals surface area contributed by atoms with E-state index >= 15 is 0 Å². The minimum atomic E-state index is -0.0286. The number of nitrogens with zero attached hydrogens (tertiary/aromatic N) is 2. The third kappa shape index (κ3) is 2.74. The summed E-state index contributed by atoms with van der Waals surface area (Å²) in [6.45, 7) is 5.73. The summed E-state index contributed by atoms with van der Waals surface area (Å²) in [6, 6.07) is 0.727. The van der Waals surface area contributed by atoms with Gasteiger partial charge >= 0.3 is 6.01 Å². The second-order valence-corrected chi connectivity index (χ2v) is 5.43. The highest BCUT2D eigenvalue weighted by atomic mass is 16.4. The number of anilines is 1. The van der Waals surface area contributed by atoms with Gasteiger partial charge in [0.2, 0.25) is 5.91 Å². The summed E-state index contributed by atoms with van der Waals surface area (Å²) in [4.78, 5) is 18.5. The lowest BCUT2D eigenvalue weighted by Crippen LogP contribution is -2.44. The van der Waals surface area contributed by atoms with Crippen LogP contribution in [0, 0.1) is 12.8 Å². The van der Waals surface area contributed by atoms with E-state index in [9.17, 15) is 4.79 Å². The number of amides is 1. The van der Waals surface area contributed by atoms with Gasteiger partial charge in [0.15, 0.2) is 0 Å². The largest absolute Gasteiger partial charge is 0.431 e. The van der Waals surface area contributed by atoms with Crippen LogP contribution in [0.15, 0.2) is 10.7 Å². The van der Waals surface area contributed by atoms with Crippen LogP contribution >= 0.6 is 0 Å². The zero-order chi connectivity index (χ0) is 13.1. The Bertz CT molecular complexity index is 406. The van der Waals surface area contributed by atoms with E-state index in [4.69, 9.17) is 4.42 Å². The fraction of sp³-hybridized carbons (Fsp3) is 0.714. The van der Waals surface area contributed by atoms with E-state index in [0.29, 0.717) is 6.01 Å². The molecule has 0 spiro atoms. The van der Waals surface area contributed by atoms with Gasteiger partial charge in [-0.05, 0) is 19.8 Å². The molecule has 4 heteroatoms. The highest BCUT2D eigenvalue weighted by Crippen LogP contribution is 2.28. The summed E-state index contributed by atoms with van der Waals surface area (Å²) in [5.74, 6) is 0.0860. The molecule has 0 bridgehead atoms. The number of oxazole rings is 1. The van der Waals surface area contributed by atoms with Crippen molar-refractivity contribution in [3.8, 4) is 0 Å². The molecule has 4 nitrogen and oxygen atoms in total. The molecule has 1 aromatic rings. The van der Waals surface area contributed by atoms with Crippen molar-refractivity contribution in [2.24, 2.45) is 5.92 Å². The second kappa shape index (κ2) is 5.55. The van der Waals surface area contributed by atoms with Gasteiger partial charge in [0.25, 0.3) is 0 Å². The molecule has 1 aliphatic carbocycles. The number of aryl methyl sites for hydroxylation is 1. The lowest BCUT2D eigenvalue weighted by molar-refractivity contribution is -0.122. The number of carbonyl (C=O) groups is 1. The van der Waals surface area contributed by atoms with Crippen LogP contribution in [-0.2, 0) is 4.79 Å². The fourth-order valence-electron chi connectivity index (χ4n) is 2.50. The molecule has 0 N–H and O–H groups in total. The molecule has 1 aromatic heterocycles. The molecule has 0 radical (unpaired) electrons. The van der Waals surface area contributed by atoms with Crippen molar-refractivity contribution in [3.63, 3.8) is 0 Å². The molecule has 0 aromatic carbocycles. The summed E-state index contributed by atoms with van der Waals surface area (Å²) in [6.07, 6.45) is 7.36. The normalized spacial score (nSPS) is 17.1. The molecule has 0 unspecified atom stereocenters. The molecule has 1 fully saturated rings. The minimum Gasteiger partial charge on any atom is -0.431 e. The quantitative estimate of drug-likeness (QED) is 0.826. The summed E-state index contributed by atoms with van der Waals surface area (Å²) in [7, 11) is 0. The zero-order valence-electron chi connectivity index (χ0n) is 11.5. The van der Waals surface area contributed by atoms with E-state index in [1.807, 2.05) is 20.8 Å². The molecule has 0 aliphatic heterocycles. The van der Waals surface area contributed by atoms with Crippen molar-refractivity contribution < 1.29 is 9.21 Å². The third-order valence-electron chi connectivity index (χ3n) is 3.48. The lowest BCUT2D eigenvalue weighted by Gasteiger charge is -2.32. The van der Waals surface area contributed by atoms with Gasteiger partial charge in [-0.1, -0.05) is 33.1 Å². The fourth-order valence-corrected chi connectivity index (χ4v) is 2.50. The SMILES string of the molecule is Cc1coc(N(C(=O)C(C)C)C2CCCCC2)n1. The van der Waals surface area contributed by atoms with E-state index in [2.05, 4.69) is 4.98 Å². The predicted molar refractivity (Wildman–Crippen MR) is 70.4 cm³/mol. The first kappa shape index (κ1) is 13.1. The first-order chi connectivity index (χ1) is 8.59. The van der Waals surface area contributed by atoms with Crippen molar-refractivity contribution in [2.75, 3.05) is 4.90 Å².